The van der Waals surface area contributed by atoms with Gasteiger partial charge in [0.15, 0.2) is 23.2 Å². The molecule has 1 aromatic carbocycles. The van der Waals surface area contributed by atoms with Crippen LogP contribution < -0.4 is 10.1 Å². The lowest BCUT2D eigenvalue weighted by atomic mass is 9.49. The monoisotopic (exact) mass is 568 g/mol. The fourth-order valence-corrected chi connectivity index (χ4v) is 7.68. The van der Waals surface area contributed by atoms with Crippen LogP contribution in [0.15, 0.2) is 6.07 Å². The van der Waals surface area contributed by atoms with Crippen LogP contribution in [0.1, 0.15) is 57.8 Å². The number of halogens is 4. The molecule has 4 saturated carbocycles. The van der Waals surface area contributed by atoms with Gasteiger partial charge in [0.2, 0.25) is 23.4 Å². The Balaban J connectivity index is 1.16. The number of nitrogens with zero attached hydrogens (tertiary/aromatic N) is 1. The molecule has 5 aliphatic rings. The summed E-state index contributed by atoms with van der Waals surface area (Å²) in [5.41, 5.74) is -0.285. The Morgan fingerprint density at radius 2 is 1.48 bits per heavy atom. The molecule has 12 heteroatoms. The average molecular weight is 569 g/mol. The van der Waals surface area contributed by atoms with Crippen molar-refractivity contribution < 1.29 is 46.6 Å². The van der Waals surface area contributed by atoms with Crippen LogP contribution in [0.25, 0.3) is 0 Å². The molecule has 1 atom stereocenters. The highest BCUT2D eigenvalue weighted by molar-refractivity contribution is 5.93. The number of carbonyl (C=O) groups is 4. The number of carboxylic acid groups (broad SMARTS) is 1. The summed E-state index contributed by atoms with van der Waals surface area (Å²) >= 11 is 0. The highest BCUT2D eigenvalue weighted by Gasteiger charge is 2.55. The van der Waals surface area contributed by atoms with Gasteiger partial charge in [-0.1, -0.05) is 0 Å². The van der Waals surface area contributed by atoms with Gasteiger partial charge in [0, 0.05) is 25.1 Å². The number of likely N-dealkylation sites (tertiary alicyclic amines) is 1. The molecule has 5 fully saturated rings. The molecule has 1 aromatic rings. The molecular formula is C28H32F4N2O6. The molecule has 2 amide bonds. The largest absolute Gasteiger partial charge is 0.481 e. The molecule has 0 spiro atoms. The number of carboxylic acids is 1. The molecule has 4 bridgehead atoms. The van der Waals surface area contributed by atoms with Crippen LogP contribution in [-0.2, 0) is 19.2 Å². The van der Waals surface area contributed by atoms with Gasteiger partial charge in [-0.05, 0) is 69.1 Å². The Labute approximate surface area is 228 Å². The Bertz CT molecular complexity index is 1150. The summed E-state index contributed by atoms with van der Waals surface area (Å²) in [6, 6.07) is -1.62. The van der Waals surface area contributed by atoms with Gasteiger partial charge >= 0.3 is 5.97 Å². The summed E-state index contributed by atoms with van der Waals surface area (Å²) < 4.78 is 59.2. The summed E-state index contributed by atoms with van der Waals surface area (Å²) in [4.78, 5) is 52.3. The van der Waals surface area contributed by atoms with E-state index in [1.165, 1.54) is 19.3 Å². The third-order valence-corrected chi connectivity index (χ3v) is 9.16. The Kier molecular flexibility index (Phi) is 7.80. The Hall–Kier alpha value is -3.18. The second-order valence-electron chi connectivity index (χ2n) is 12.0. The van der Waals surface area contributed by atoms with Crippen molar-refractivity contribution in [2.24, 2.45) is 29.1 Å². The first-order valence-electron chi connectivity index (χ1n) is 13.8. The zero-order valence-corrected chi connectivity index (χ0v) is 21.9. The summed E-state index contributed by atoms with van der Waals surface area (Å²) in [5, 5.41) is 11.6. The van der Waals surface area contributed by atoms with Crippen molar-refractivity contribution >= 4 is 23.6 Å². The molecule has 40 heavy (non-hydrogen) atoms. The maximum Gasteiger partial charge on any atom is 0.305 e. The smallest absolute Gasteiger partial charge is 0.305 e. The van der Waals surface area contributed by atoms with Crippen LogP contribution in [0.5, 0.6) is 5.75 Å². The van der Waals surface area contributed by atoms with E-state index in [0.717, 1.165) is 19.3 Å². The quantitative estimate of drug-likeness (QED) is 0.348. The minimum absolute atomic E-state index is 0.0190. The third kappa shape index (κ3) is 5.54. The summed E-state index contributed by atoms with van der Waals surface area (Å²) in [6.45, 7) is -0.376. The molecule has 0 unspecified atom stereocenters. The van der Waals surface area contributed by atoms with E-state index in [1.54, 1.807) is 0 Å². The second-order valence-corrected chi connectivity index (χ2v) is 12.0. The average Bonchev–Trinajstić information content (AvgIpc) is 2.90. The minimum Gasteiger partial charge on any atom is -0.481 e. The van der Waals surface area contributed by atoms with E-state index in [2.05, 4.69) is 10.1 Å². The number of ketones is 1. The number of amides is 2. The van der Waals surface area contributed by atoms with Gasteiger partial charge in [-0.25, -0.2) is 8.78 Å². The lowest BCUT2D eigenvalue weighted by molar-refractivity contribution is -0.159. The zero-order chi connectivity index (χ0) is 28.8. The number of rotatable bonds is 9. The van der Waals surface area contributed by atoms with E-state index < -0.39 is 71.7 Å². The number of hydrogen-bond acceptors (Lipinski definition) is 5. The molecule has 8 nitrogen and oxygen atoms in total. The van der Waals surface area contributed by atoms with Crippen LogP contribution >= 0.6 is 0 Å². The summed E-state index contributed by atoms with van der Waals surface area (Å²) in [6.07, 6.45) is 6.33. The van der Waals surface area contributed by atoms with Gasteiger partial charge in [-0.15, -0.1) is 0 Å². The van der Waals surface area contributed by atoms with Crippen molar-refractivity contribution in [1.82, 2.24) is 10.2 Å². The number of aliphatic carboxylic acids is 1. The first-order valence-corrected chi connectivity index (χ1v) is 13.8. The van der Waals surface area contributed by atoms with Crippen molar-refractivity contribution in [1.29, 1.82) is 0 Å². The van der Waals surface area contributed by atoms with E-state index in [4.69, 9.17) is 0 Å². The fourth-order valence-electron chi connectivity index (χ4n) is 7.68. The Morgan fingerprint density at radius 3 is 1.98 bits per heavy atom. The van der Waals surface area contributed by atoms with Gasteiger partial charge in [0.1, 0.15) is 12.6 Å². The Morgan fingerprint density at radius 1 is 0.950 bits per heavy atom. The number of Topliss-reactive ketones (excluding diaryl/α,β-unsaturated/α-hetero) is 1. The third-order valence-electron chi connectivity index (χ3n) is 9.16. The number of carbonyl (C=O) groups excluding carboxylic acids is 3. The number of benzene rings is 1. The molecule has 0 aromatic heterocycles. The molecule has 6 rings (SSSR count). The highest BCUT2D eigenvalue weighted by Crippen LogP contribution is 2.60. The summed E-state index contributed by atoms with van der Waals surface area (Å²) in [5.74, 6) is -10.2. The van der Waals surface area contributed by atoms with E-state index in [-0.39, 0.29) is 17.4 Å². The van der Waals surface area contributed by atoms with Gasteiger partial charge in [-0.3, -0.25) is 19.2 Å². The van der Waals surface area contributed by atoms with Gasteiger partial charge in [0.25, 0.3) is 0 Å². The zero-order valence-electron chi connectivity index (χ0n) is 21.9. The normalized spacial score (nSPS) is 28.3. The maximum atomic E-state index is 13.8. The van der Waals surface area contributed by atoms with Crippen LogP contribution in [0.2, 0.25) is 0 Å². The molecule has 1 heterocycles. The SMILES string of the molecule is O=C(O)C[C@H](NC(=O)C1CCN(C(=O)C23CC4CC(CC(C4)C2)C3)CC1)C(=O)COc1c(F)c(F)cc(F)c1F. The maximum absolute atomic E-state index is 13.8. The molecule has 1 aliphatic heterocycles. The number of hydrogen-bond donors (Lipinski definition) is 2. The first kappa shape index (κ1) is 28.4. The first-order chi connectivity index (χ1) is 19.0. The van der Waals surface area contributed by atoms with E-state index >= 15 is 0 Å². The lowest BCUT2D eigenvalue weighted by Crippen LogP contribution is -2.56. The van der Waals surface area contributed by atoms with Crippen LogP contribution in [0, 0.1) is 52.4 Å². The number of nitrogens with one attached hydrogen (secondary N) is 1. The van der Waals surface area contributed by atoms with Crippen LogP contribution in [0.3, 0.4) is 0 Å². The van der Waals surface area contributed by atoms with E-state index in [0.29, 0.717) is 43.7 Å². The van der Waals surface area contributed by atoms with Crippen molar-refractivity contribution in [3.63, 3.8) is 0 Å². The van der Waals surface area contributed by atoms with Crippen molar-refractivity contribution in [3.8, 4) is 5.75 Å². The van der Waals surface area contributed by atoms with Crippen LogP contribution in [-0.4, -0.2) is 59.3 Å². The van der Waals surface area contributed by atoms with Gasteiger partial charge in [-0.2, -0.15) is 8.78 Å². The minimum atomic E-state index is -1.85. The second kappa shape index (κ2) is 11.0. The fraction of sp³-hybridized carbons (Fsp3) is 0.643. The van der Waals surface area contributed by atoms with Crippen LogP contribution in [0.4, 0.5) is 17.6 Å². The number of piperidine rings is 1. The van der Waals surface area contributed by atoms with Crippen molar-refractivity contribution in [3.05, 3.63) is 29.3 Å². The highest BCUT2D eigenvalue weighted by atomic mass is 19.2. The molecular weight excluding hydrogens is 536 g/mol. The molecule has 0 radical (unpaired) electrons. The van der Waals surface area contributed by atoms with E-state index in [9.17, 15) is 41.8 Å². The van der Waals surface area contributed by atoms with E-state index in [1.807, 2.05) is 4.90 Å². The molecule has 218 valence electrons. The molecule has 2 N–H and O–H groups in total. The number of ether oxygens (including phenoxy) is 1. The van der Waals surface area contributed by atoms with Gasteiger partial charge in [0.05, 0.1) is 11.8 Å². The molecule has 1 saturated heterocycles. The predicted octanol–water partition coefficient (Wildman–Crippen LogP) is 3.61. The standard InChI is InChI=1S/C28H32F4N2O6/c29-18-8-19(30)24(32)25(23(18)31)40-13-21(35)20(9-22(36)37)33-26(38)17-1-3-34(4-2-17)27(39)28-10-14-5-15(11-28)7-16(6-14)12-28/h8,14-17,20H,1-7,9-13H2,(H,33,38)(H,36,37)/t14?,15?,16?,20-,28?/m0/s1. The molecule has 4 aliphatic carbocycles. The van der Waals surface area contributed by atoms with Gasteiger partial charge < -0.3 is 20.1 Å². The topological polar surface area (TPSA) is 113 Å². The van der Waals surface area contributed by atoms with Crippen molar-refractivity contribution in [2.45, 2.75) is 63.8 Å². The van der Waals surface area contributed by atoms with Crippen molar-refractivity contribution in [2.75, 3.05) is 19.7 Å². The summed E-state index contributed by atoms with van der Waals surface area (Å²) in [7, 11) is 0. The lowest BCUT2D eigenvalue weighted by Gasteiger charge is -2.57. The predicted molar refractivity (Wildman–Crippen MR) is 131 cm³/mol.